The van der Waals surface area contributed by atoms with E-state index in [9.17, 15) is 9.59 Å². The Morgan fingerprint density at radius 2 is 1.74 bits per heavy atom. The van der Waals surface area contributed by atoms with Crippen LogP contribution in [0, 0.1) is 6.92 Å². The van der Waals surface area contributed by atoms with Crippen molar-refractivity contribution in [3.63, 3.8) is 0 Å². The van der Waals surface area contributed by atoms with E-state index in [2.05, 4.69) is 5.32 Å². The largest absolute Gasteiger partial charge is 0.496 e. The number of ether oxygens (including phenoxy) is 1. The third-order valence-electron chi connectivity index (χ3n) is 7.08. The Bertz CT molecular complexity index is 1510. The van der Waals surface area contributed by atoms with Gasteiger partial charge < -0.3 is 10.1 Å². The maximum Gasteiger partial charge on any atom is 0.240 e. The van der Waals surface area contributed by atoms with E-state index in [1.165, 1.54) is 11.8 Å². The van der Waals surface area contributed by atoms with Crippen molar-refractivity contribution >= 4 is 29.4 Å². The fourth-order valence-electron chi connectivity index (χ4n) is 4.97. The first kappa shape index (κ1) is 25.2. The molecule has 2 amide bonds. The van der Waals surface area contributed by atoms with Gasteiger partial charge in [0, 0.05) is 22.7 Å². The molecule has 1 aromatic heterocycles. The molecule has 3 aromatic carbocycles. The Labute approximate surface area is 232 Å². The number of para-hydroxylation sites is 1. The van der Waals surface area contributed by atoms with Crippen molar-refractivity contribution < 1.29 is 14.3 Å². The van der Waals surface area contributed by atoms with E-state index in [4.69, 9.17) is 9.84 Å². The highest BCUT2D eigenvalue weighted by molar-refractivity contribution is 8.00. The van der Waals surface area contributed by atoms with E-state index in [0.717, 1.165) is 52.2 Å². The number of rotatable bonds is 7. The molecule has 7 nitrogen and oxygen atoms in total. The number of carbonyl (C=O) groups is 2. The molecule has 0 radical (unpaired) electrons. The van der Waals surface area contributed by atoms with Gasteiger partial charge in [0.15, 0.2) is 0 Å². The van der Waals surface area contributed by atoms with Crippen LogP contribution in [0.2, 0.25) is 0 Å². The molecule has 4 aromatic rings. The normalized spacial score (nSPS) is 16.9. The molecule has 1 aliphatic heterocycles. The Kier molecular flexibility index (Phi) is 6.87. The average Bonchev–Trinajstić information content (AvgIpc) is 3.71. The maximum absolute atomic E-state index is 13.8. The first-order chi connectivity index (χ1) is 19.0. The van der Waals surface area contributed by atoms with Crippen molar-refractivity contribution in [1.29, 1.82) is 0 Å². The molecular weight excluding hydrogens is 508 g/mol. The summed E-state index contributed by atoms with van der Waals surface area (Å²) in [6.45, 7) is 1.97. The summed E-state index contributed by atoms with van der Waals surface area (Å²) in [6, 6.07) is 26.2. The second-order valence-corrected chi connectivity index (χ2v) is 11.0. The summed E-state index contributed by atoms with van der Waals surface area (Å²) in [7, 11) is 1.66. The Balaban J connectivity index is 1.61. The van der Waals surface area contributed by atoms with Crippen LogP contribution in [-0.2, 0) is 9.59 Å². The number of fused-ring (bicyclic) bond motifs is 1. The monoisotopic (exact) mass is 538 g/mol. The lowest BCUT2D eigenvalue weighted by Gasteiger charge is -2.23. The smallest absolute Gasteiger partial charge is 0.240 e. The molecule has 0 spiro atoms. The molecule has 1 aliphatic carbocycles. The van der Waals surface area contributed by atoms with Crippen LogP contribution in [0.4, 0.5) is 5.82 Å². The van der Waals surface area contributed by atoms with Crippen LogP contribution in [-0.4, -0.2) is 47.0 Å². The van der Waals surface area contributed by atoms with Gasteiger partial charge in [-0.1, -0.05) is 66.2 Å². The van der Waals surface area contributed by atoms with Crippen LogP contribution in [0.3, 0.4) is 0 Å². The number of amides is 2. The van der Waals surface area contributed by atoms with E-state index in [-0.39, 0.29) is 35.4 Å². The summed E-state index contributed by atoms with van der Waals surface area (Å²) >= 11 is 1.54. The van der Waals surface area contributed by atoms with Crippen molar-refractivity contribution in [1.82, 2.24) is 15.1 Å². The van der Waals surface area contributed by atoms with Crippen LogP contribution in [0.1, 0.15) is 34.8 Å². The highest BCUT2D eigenvalue weighted by Gasteiger charge is 2.39. The van der Waals surface area contributed by atoms with Crippen LogP contribution < -0.4 is 15.0 Å². The summed E-state index contributed by atoms with van der Waals surface area (Å²) in [4.78, 5) is 28.5. The number of nitrogens with one attached hydrogen (secondary N) is 1. The summed E-state index contributed by atoms with van der Waals surface area (Å²) in [5.41, 5.74) is 5.52. The van der Waals surface area contributed by atoms with Crippen LogP contribution in [0.5, 0.6) is 5.75 Å². The van der Waals surface area contributed by atoms with Crippen molar-refractivity contribution in [2.45, 2.75) is 31.1 Å². The second kappa shape index (κ2) is 10.6. The summed E-state index contributed by atoms with van der Waals surface area (Å²) in [6.07, 6.45) is 1.96. The first-order valence-corrected chi connectivity index (χ1v) is 14.2. The number of thioether (sulfide) groups is 1. The van der Waals surface area contributed by atoms with Crippen LogP contribution >= 0.6 is 11.8 Å². The van der Waals surface area contributed by atoms with Gasteiger partial charge in [0.05, 0.1) is 29.5 Å². The minimum atomic E-state index is -0.244. The van der Waals surface area contributed by atoms with Gasteiger partial charge in [-0.05, 0) is 38.0 Å². The van der Waals surface area contributed by atoms with E-state index in [0.29, 0.717) is 5.82 Å². The van der Waals surface area contributed by atoms with Gasteiger partial charge in [-0.2, -0.15) is 5.10 Å². The van der Waals surface area contributed by atoms with Gasteiger partial charge in [0.2, 0.25) is 11.8 Å². The number of hydrogen-bond acceptors (Lipinski definition) is 5. The standard InChI is InChI=1S/C31H30N4O3S/c1-20-12-16-23(17-13-20)35-31-28(29(33-35)21-8-4-3-5-9-21)30(24-10-6-7-11-25(24)38-2)39-19-27(37)34(31)18-26(36)32-22-14-15-22/h3-13,16-17,22,30H,14-15,18-19H2,1-2H3,(H,32,36)/t30-/m1/s1. The molecule has 1 N–H and O–H groups in total. The third kappa shape index (κ3) is 5.04. The zero-order chi connectivity index (χ0) is 26.9. The van der Waals surface area contributed by atoms with E-state index in [1.54, 1.807) is 12.0 Å². The number of aromatic nitrogens is 2. The number of hydrogen-bond donors (Lipinski definition) is 1. The minimum Gasteiger partial charge on any atom is -0.496 e. The molecule has 1 fully saturated rings. The third-order valence-corrected chi connectivity index (χ3v) is 8.32. The van der Waals surface area contributed by atoms with E-state index in [1.807, 2.05) is 90.5 Å². The Morgan fingerprint density at radius 3 is 2.46 bits per heavy atom. The predicted octanol–water partition coefficient (Wildman–Crippen LogP) is 5.30. The number of anilines is 1. The van der Waals surface area contributed by atoms with Gasteiger partial charge in [-0.15, -0.1) is 11.8 Å². The molecule has 2 aliphatic rings. The lowest BCUT2D eigenvalue weighted by Crippen LogP contribution is -2.43. The molecule has 0 unspecified atom stereocenters. The molecule has 0 bridgehead atoms. The maximum atomic E-state index is 13.8. The van der Waals surface area contributed by atoms with Gasteiger partial charge in [0.1, 0.15) is 18.1 Å². The highest BCUT2D eigenvalue weighted by atomic mass is 32.2. The van der Waals surface area contributed by atoms with E-state index < -0.39 is 0 Å². The average molecular weight is 539 g/mol. The molecule has 39 heavy (non-hydrogen) atoms. The summed E-state index contributed by atoms with van der Waals surface area (Å²) in [5, 5.41) is 7.94. The van der Waals surface area contributed by atoms with Gasteiger partial charge in [0.25, 0.3) is 0 Å². The second-order valence-electron chi connectivity index (χ2n) is 9.95. The topological polar surface area (TPSA) is 76.5 Å². The number of benzene rings is 3. The van der Waals surface area contributed by atoms with Crippen LogP contribution in [0.15, 0.2) is 78.9 Å². The van der Waals surface area contributed by atoms with Crippen molar-refractivity contribution in [3.8, 4) is 22.7 Å². The fourth-order valence-corrected chi connectivity index (χ4v) is 6.19. The molecule has 6 rings (SSSR count). The zero-order valence-corrected chi connectivity index (χ0v) is 22.8. The lowest BCUT2D eigenvalue weighted by molar-refractivity contribution is -0.123. The number of nitrogens with zero attached hydrogens (tertiary/aromatic N) is 3. The molecule has 1 saturated carbocycles. The SMILES string of the molecule is COc1ccccc1[C@H]1SCC(=O)N(CC(=O)NC2CC2)c2c1c(-c1ccccc1)nn2-c1ccc(C)cc1. The molecule has 8 heteroatoms. The van der Waals surface area contributed by atoms with Crippen LogP contribution in [0.25, 0.3) is 16.9 Å². The lowest BCUT2D eigenvalue weighted by atomic mass is 9.99. The molecule has 0 saturated heterocycles. The summed E-state index contributed by atoms with van der Waals surface area (Å²) < 4.78 is 7.60. The fraction of sp³-hybridized carbons (Fsp3) is 0.258. The minimum absolute atomic E-state index is 0.0622. The molecular formula is C31H30N4O3S. The first-order valence-electron chi connectivity index (χ1n) is 13.1. The van der Waals surface area contributed by atoms with Crippen molar-refractivity contribution in [2.75, 3.05) is 24.3 Å². The van der Waals surface area contributed by atoms with E-state index >= 15 is 0 Å². The zero-order valence-electron chi connectivity index (χ0n) is 22.0. The molecule has 2 heterocycles. The Morgan fingerprint density at radius 1 is 1.03 bits per heavy atom. The molecule has 198 valence electrons. The Hall–Kier alpha value is -4.04. The van der Waals surface area contributed by atoms with Gasteiger partial charge >= 0.3 is 0 Å². The highest BCUT2D eigenvalue weighted by Crippen LogP contribution is 2.50. The van der Waals surface area contributed by atoms with Crippen molar-refractivity contribution in [3.05, 3.63) is 95.6 Å². The quantitative estimate of drug-likeness (QED) is 0.345. The summed E-state index contributed by atoms with van der Waals surface area (Å²) in [5.74, 6) is 1.30. The predicted molar refractivity (Wildman–Crippen MR) is 155 cm³/mol. The van der Waals surface area contributed by atoms with Gasteiger partial charge in [-0.3, -0.25) is 14.5 Å². The number of methoxy groups -OCH3 is 1. The number of carbonyl (C=O) groups excluding carboxylic acids is 2. The van der Waals surface area contributed by atoms with Gasteiger partial charge in [-0.25, -0.2) is 4.68 Å². The van der Waals surface area contributed by atoms with Crippen molar-refractivity contribution in [2.24, 2.45) is 0 Å². The number of aryl methyl sites for hydroxylation is 1. The molecule has 1 atom stereocenters.